The number of hydroxylamine groups is 1. The number of carbonyl (C=O) groups excluding carboxylic acids is 1. The van der Waals surface area contributed by atoms with E-state index in [9.17, 15) is 4.79 Å². The quantitative estimate of drug-likeness (QED) is 0.302. The Bertz CT molecular complexity index is 160. The minimum Gasteiger partial charge on any atom is -0.368 e. The first-order chi connectivity index (χ1) is 7.20. The highest BCUT2D eigenvalue weighted by Crippen LogP contribution is 1.99. The van der Waals surface area contributed by atoms with Crippen molar-refractivity contribution in [2.45, 2.75) is 26.6 Å². The van der Waals surface area contributed by atoms with Crippen LogP contribution >= 0.6 is 0 Å². The Balaban J connectivity index is 3.39. The Morgan fingerprint density at radius 2 is 1.93 bits per heavy atom. The molecule has 0 rings (SSSR count). The molecule has 0 fully saturated rings. The van der Waals surface area contributed by atoms with E-state index in [4.69, 9.17) is 20.0 Å². The highest BCUT2D eigenvalue weighted by Gasteiger charge is 2.06. The Labute approximate surface area is 90.0 Å². The summed E-state index contributed by atoms with van der Waals surface area (Å²) >= 11 is 0. The van der Waals surface area contributed by atoms with E-state index >= 15 is 0 Å². The summed E-state index contributed by atoms with van der Waals surface area (Å²) < 4.78 is 10.6. The number of nitrogens with two attached hydrogens (primary N) is 1. The second kappa shape index (κ2) is 9.85. The van der Waals surface area contributed by atoms with Gasteiger partial charge >= 0.3 is 0 Å². The van der Waals surface area contributed by atoms with Crippen molar-refractivity contribution in [3.05, 3.63) is 0 Å². The average Bonchev–Trinajstić information content (AvgIpc) is 2.17. The molecule has 15 heavy (non-hydrogen) atoms. The lowest BCUT2D eigenvalue weighted by Gasteiger charge is -2.16. The summed E-state index contributed by atoms with van der Waals surface area (Å²) in [6, 6.07) is 0. The van der Waals surface area contributed by atoms with Crippen LogP contribution in [-0.4, -0.2) is 38.6 Å². The highest BCUT2D eigenvalue weighted by atomic mass is 16.7. The van der Waals surface area contributed by atoms with E-state index in [2.05, 4.69) is 5.48 Å². The predicted octanol–water partition coefficient (Wildman–Crippen LogP) is -0.218. The molecule has 6 nitrogen and oxygen atoms in total. The molecule has 0 spiro atoms. The first-order valence-corrected chi connectivity index (χ1v) is 5.06. The van der Waals surface area contributed by atoms with Gasteiger partial charge in [0.05, 0.1) is 0 Å². The molecule has 6 heteroatoms. The lowest BCUT2D eigenvalue weighted by Crippen LogP contribution is -2.28. The van der Waals surface area contributed by atoms with Crippen LogP contribution in [0.15, 0.2) is 0 Å². The zero-order valence-corrected chi connectivity index (χ0v) is 9.32. The molecule has 0 aliphatic heterocycles. The van der Waals surface area contributed by atoms with E-state index in [1.807, 2.05) is 13.8 Å². The third-order valence-electron chi connectivity index (χ3n) is 1.50. The number of rotatable bonds is 10. The molecule has 0 aromatic carbocycles. The molecule has 1 amide bonds. The van der Waals surface area contributed by atoms with Crippen LogP contribution in [0.1, 0.15) is 20.3 Å². The average molecular weight is 220 g/mol. The maximum Gasteiger partial charge on any atom is 0.245 e. The molecule has 0 heterocycles. The summed E-state index contributed by atoms with van der Waals surface area (Å²) in [6.45, 7) is 5.43. The molecule has 0 aliphatic carbocycles. The van der Waals surface area contributed by atoms with Crippen LogP contribution in [0.4, 0.5) is 0 Å². The van der Waals surface area contributed by atoms with Gasteiger partial charge in [-0.1, -0.05) is 0 Å². The number of hydrogen-bond donors (Lipinski definition) is 2. The first kappa shape index (κ1) is 14.3. The lowest BCUT2D eigenvalue weighted by atomic mass is 10.4. The molecule has 0 saturated heterocycles. The summed E-state index contributed by atoms with van der Waals surface area (Å²) in [4.78, 5) is 15.1. The van der Waals surface area contributed by atoms with Gasteiger partial charge in [0.15, 0.2) is 6.29 Å². The monoisotopic (exact) mass is 220 g/mol. The summed E-state index contributed by atoms with van der Waals surface area (Å²) in [5, 5.41) is 0. The third kappa shape index (κ3) is 9.61. The van der Waals surface area contributed by atoms with Crippen LogP contribution in [0.3, 0.4) is 0 Å². The number of primary amides is 1. The topological polar surface area (TPSA) is 82.8 Å². The summed E-state index contributed by atoms with van der Waals surface area (Å²) in [6.07, 6.45) is 0.421. The van der Waals surface area contributed by atoms with Crippen LogP contribution in [-0.2, 0) is 19.1 Å². The van der Waals surface area contributed by atoms with Crippen LogP contribution in [0.5, 0.6) is 0 Å². The van der Waals surface area contributed by atoms with Crippen LogP contribution in [0, 0.1) is 0 Å². The second-order valence-corrected chi connectivity index (χ2v) is 2.78. The Kier molecular flexibility index (Phi) is 9.40. The van der Waals surface area contributed by atoms with Gasteiger partial charge in [0.1, 0.15) is 6.61 Å². The highest BCUT2D eigenvalue weighted by molar-refractivity contribution is 5.74. The summed E-state index contributed by atoms with van der Waals surface area (Å²) in [7, 11) is 0. The molecule has 3 N–H and O–H groups in total. The van der Waals surface area contributed by atoms with Gasteiger partial charge in [-0.05, 0) is 13.8 Å². The van der Waals surface area contributed by atoms with Gasteiger partial charge in [-0.25, -0.2) is 5.48 Å². The van der Waals surface area contributed by atoms with Crippen molar-refractivity contribution < 1.29 is 19.1 Å². The molecule has 0 atom stereocenters. The molecule has 0 saturated carbocycles. The second-order valence-electron chi connectivity index (χ2n) is 2.78. The van der Waals surface area contributed by atoms with Crippen LogP contribution in [0.25, 0.3) is 0 Å². The molecule has 0 aliphatic rings. The van der Waals surface area contributed by atoms with Gasteiger partial charge < -0.3 is 15.2 Å². The van der Waals surface area contributed by atoms with Gasteiger partial charge in [-0.15, -0.1) is 0 Å². The Morgan fingerprint density at radius 1 is 1.33 bits per heavy atom. The SMILES string of the molecule is CCOC(CCNOCC(N)=O)OCC. The molecule has 0 aromatic heterocycles. The minimum atomic E-state index is -0.506. The molecule has 0 aromatic rings. The maximum absolute atomic E-state index is 10.3. The van der Waals surface area contributed by atoms with Crippen molar-refractivity contribution in [2.24, 2.45) is 5.73 Å². The maximum atomic E-state index is 10.3. The minimum absolute atomic E-state index is 0.131. The summed E-state index contributed by atoms with van der Waals surface area (Å²) in [5.74, 6) is -0.506. The van der Waals surface area contributed by atoms with Gasteiger partial charge in [0, 0.05) is 26.2 Å². The third-order valence-corrected chi connectivity index (χ3v) is 1.50. The zero-order valence-electron chi connectivity index (χ0n) is 9.32. The molecular formula is C9H20N2O4. The first-order valence-electron chi connectivity index (χ1n) is 5.06. The van der Waals surface area contributed by atoms with E-state index < -0.39 is 5.91 Å². The summed E-state index contributed by atoms with van der Waals surface area (Å²) in [5.41, 5.74) is 7.48. The van der Waals surface area contributed by atoms with Gasteiger partial charge in [-0.2, -0.15) is 0 Å². The molecule has 0 bridgehead atoms. The van der Waals surface area contributed by atoms with Crippen molar-refractivity contribution in [1.29, 1.82) is 0 Å². The fraction of sp³-hybridized carbons (Fsp3) is 0.889. The van der Waals surface area contributed by atoms with E-state index in [-0.39, 0.29) is 12.9 Å². The standard InChI is InChI=1S/C9H20N2O4/c1-3-13-9(14-4-2)5-6-11-15-7-8(10)12/h9,11H,3-7H2,1-2H3,(H2,10,12). The van der Waals surface area contributed by atoms with Crippen molar-refractivity contribution in [3.8, 4) is 0 Å². The smallest absolute Gasteiger partial charge is 0.245 e. The molecule has 90 valence electrons. The largest absolute Gasteiger partial charge is 0.368 e. The predicted molar refractivity (Wildman–Crippen MR) is 54.8 cm³/mol. The number of hydrogen-bond acceptors (Lipinski definition) is 5. The fourth-order valence-corrected chi connectivity index (χ4v) is 0.958. The molecular weight excluding hydrogens is 200 g/mol. The molecule has 0 unspecified atom stereocenters. The molecule has 0 radical (unpaired) electrons. The van der Waals surface area contributed by atoms with Crippen molar-refractivity contribution in [1.82, 2.24) is 5.48 Å². The van der Waals surface area contributed by atoms with Crippen molar-refractivity contribution in [3.63, 3.8) is 0 Å². The van der Waals surface area contributed by atoms with E-state index in [0.717, 1.165) is 0 Å². The fourth-order valence-electron chi connectivity index (χ4n) is 0.958. The van der Waals surface area contributed by atoms with E-state index in [1.165, 1.54) is 0 Å². The Morgan fingerprint density at radius 3 is 2.40 bits per heavy atom. The van der Waals surface area contributed by atoms with Crippen molar-refractivity contribution >= 4 is 5.91 Å². The van der Waals surface area contributed by atoms with Gasteiger partial charge in [0.25, 0.3) is 0 Å². The van der Waals surface area contributed by atoms with Gasteiger partial charge in [-0.3, -0.25) is 9.63 Å². The normalized spacial score (nSPS) is 10.9. The van der Waals surface area contributed by atoms with Crippen LogP contribution in [0.2, 0.25) is 0 Å². The Hall–Kier alpha value is -0.690. The number of ether oxygens (including phenoxy) is 2. The zero-order chi connectivity index (χ0) is 11.5. The number of nitrogens with one attached hydrogen (secondary N) is 1. The van der Waals surface area contributed by atoms with Crippen molar-refractivity contribution in [2.75, 3.05) is 26.4 Å². The van der Waals surface area contributed by atoms with E-state index in [0.29, 0.717) is 26.2 Å². The number of amides is 1. The van der Waals surface area contributed by atoms with Crippen LogP contribution < -0.4 is 11.2 Å². The van der Waals surface area contributed by atoms with E-state index in [1.54, 1.807) is 0 Å². The lowest BCUT2D eigenvalue weighted by molar-refractivity contribution is -0.143. The van der Waals surface area contributed by atoms with Gasteiger partial charge in [0.2, 0.25) is 5.91 Å². The number of carbonyl (C=O) groups is 1.